The predicted octanol–water partition coefficient (Wildman–Crippen LogP) is 2.18. The maximum atomic E-state index is 6.07. The molecule has 0 unspecified atom stereocenters. The van der Waals surface area contributed by atoms with Crippen molar-refractivity contribution in [2.75, 3.05) is 0 Å². The van der Waals surface area contributed by atoms with E-state index >= 15 is 0 Å². The van der Waals surface area contributed by atoms with Gasteiger partial charge in [-0.25, -0.2) is 0 Å². The fourth-order valence-electron chi connectivity index (χ4n) is 1.84. The normalized spacial score (nSPS) is 38.1. The third kappa shape index (κ3) is 1.84. The quantitative estimate of drug-likeness (QED) is 0.574. The molecule has 64 valence electrons. The van der Waals surface area contributed by atoms with E-state index in [0.717, 1.165) is 5.92 Å². The lowest BCUT2D eigenvalue weighted by atomic mass is 9.77. The van der Waals surface area contributed by atoms with E-state index in [1.165, 1.54) is 6.42 Å². The van der Waals surface area contributed by atoms with Gasteiger partial charge >= 0.3 is 0 Å². The Morgan fingerprint density at radius 3 is 2.55 bits per heavy atom. The van der Waals surface area contributed by atoms with Crippen LogP contribution in [0.15, 0.2) is 12.2 Å². The van der Waals surface area contributed by atoms with Crippen LogP contribution in [0.25, 0.3) is 0 Å². The van der Waals surface area contributed by atoms with Crippen LogP contribution >= 0.6 is 0 Å². The lowest BCUT2D eigenvalue weighted by molar-refractivity contribution is 0.271. The minimum atomic E-state index is 0.375. The minimum Gasteiger partial charge on any atom is -0.327 e. The van der Waals surface area contributed by atoms with Crippen LogP contribution in [-0.2, 0) is 0 Å². The molecule has 0 amide bonds. The molecular formula is C10H19N. The van der Waals surface area contributed by atoms with Gasteiger partial charge in [-0.3, -0.25) is 0 Å². The van der Waals surface area contributed by atoms with E-state index in [1.54, 1.807) is 0 Å². The third-order valence-electron chi connectivity index (χ3n) is 2.81. The first kappa shape index (κ1) is 8.79. The zero-order valence-corrected chi connectivity index (χ0v) is 7.75. The zero-order chi connectivity index (χ0) is 8.43. The van der Waals surface area contributed by atoms with Crippen LogP contribution in [0.3, 0.4) is 0 Å². The minimum absolute atomic E-state index is 0.375. The average Bonchev–Trinajstić information content (AvgIpc) is 1.94. The summed E-state index contributed by atoms with van der Waals surface area (Å²) in [6.45, 7) is 6.72. The number of nitrogens with two attached hydrogens (primary N) is 1. The summed E-state index contributed by atoms with van der Waals surface area (Å²) in [4.78, 5) is 0. The Bertz CT molecular complexity index is 149. The third-order valence-corrected chi connectivity index (χ3v) is 2.81. The molecule has 0 saturated heterocycles. The molecule has 0 aromatic rings. The van der Waals surface area contributed by atoms with E-state index in [9.17, 15) is 0 Å². The van der Waals surface area contributed by atoms with Crippen molar-refractivity contribution < 1.29 is 0 Å². The molecule has 1 nitrogen and oxygen atoms in total. The van der Waals surface area contributed by atoms with Gasteiger partial charge in [0.1, 0.15) is 0 Å². The molecule has 0 heterocycles. The molecule has 0 aromatic carbocycles. The van der Waals surface area contributed by atoms with Gasteiger partial charge in [0.2, 0.25) is 0 Å². The number of hydrogen-bond acceptors (Lipinski definition) is 1. The SMILES string of the molecule is CC(C)[C@H]1CC=C[C@@H](C)[C@@H]1N. The maximum Gasteiger partial charge on any atom is 0.0133 e. The Kier molecular flexibility index (Phi) is 2.72. The number of allylic oxidation sites excluding steroid dienone is 1. The van der Waals surface area contributed by atoms with Gasteiger partial charge in [0.15, 0.2) is 0 Å². The Labute approximate surface area is 69.7 Å². The highest BCUT2D eigenvalue weighted by Gasteiger charge is 2.26. The van der Waals surface area contributed by atoms with Gasteiger partial charge in [-0.05, 0) is 24.2 Å². The topological polar surface area (TPSA) is 26.0 Å². The fourth-order valence-corrected chi connectivity index (χ4v) is 1.84. The molecule has 0 aromatic heterocycles. The van der Waals surface area contributed by atoms with Gasteiger partial charge in [-0.1, -0.05) is 32.9 Å². The van der Waals surface area contributed by atoms with E-state index in [1.807, 2.05) is 0 Å². The first-order valence-electron chi connectivity index (χ1n) is 4.55. The average molecular weight is 153 g/mol. The molecule has 0 bridgehead atoms. The molecule has 0 spiro atoms. The molecule has 11 heavy (non-hydrogen) atoms. The lowest BCUT2D eigenvalue weighted by Crippen LogP contribution is -2.39. The largest absolute Gasteiger partial charge is 0.327 e. The summed E-state index contributed by atoms with van der Waals surface area (Å²) < 4.78 is 0. The fraction of sp³-hybridized carbons (Fsp3) is 0.800. The van der Waals surface area contributed by atoms with Crippen LogP contribution in [0.2, 0.25) is 0 Å². The summed E-state index contributed by atoms with van der Waals surface area (Å²) in [6, 6.07) is 0.375. The summed E-state index contributed by atoms with van der Waals surface area (Å²) in [5.74, 6) is 1.98. The van der Waals surface area contributed by atoms with Crippen molar-refractivity contribution in [2.45, 2.75) is 33.2 Å². The second-order valence-electron chi connectivity index (χ2n) is 4.01. The summed E-state index contributed by atoms with van der Waals surface area (Å²) in [5.41, 5.74) is 6.07. The molecule has 3 atom stereocenters. The van der Waals surface area contributed by atoms with Gasteiger partial charge in [-0.15, -0.1) is 0 Å². The summed E-state index contributed by atoms with van der Waals surface area (Å²) >= 11 is 0. The summed E-state index contributed by atoms with van der Waals surface area (Å²) in [5, 5.41) is 0. The molecule has 0 aliphatic heterocycles. The molecule has 1 aliphatic rings. The first-order valence-corrected chi connectivity index (χ1v) is 4.55. The summed E-state index contributed by atoms with van der Waals surface area (Å²) in [7, 11) is 0. The van der Waals surface area contributed by atoms with E-state index < -0.39 is 0 Å². The first-order chi connectivity index (χ1) is 5.13. The summed E-state index contributed by atoms with van der Waals surface area (Å²) in [6.07, 6.45) is 5.69. The molecule has 1 aliphatic carbocycles. The van der Waals surface area contributed by atoms with Crippen molar-refractivity contribution in [1.29, 1.82) is 0 Å². The van der Waals surface area contributed by atoms with Crippen molar-refractivity contribution in [3.8, 4) is 0 Å². The van der Waals surface area contributed by atoms with Gasteiger partial charge in [0.05, 0.1) is 0 Å². The smallest absolute Gasteiger partial charge is 0.0133 e. The maximum absolute atomic E-state index is 6.07. The molecular weight excluding hydrogens is 134 g/mol. The molecule has 2 N–H and O–H groups in total. The van der Waals surface area contributed by atoms with Crippen LogP contribution in [-0.4, -0.2) is 6.04 Å². The molecule has 0 saturated carbocycles. The highest BCUT2D eigenvalue weighted by Crippen LogP contribution is 2.27. The van der Waals surface area contributed by atoms with Crippen LogP contribution in [0.4, 0.5) is 0 Å². The van der Waals surface area contributed by atoms with Crippen molar-refractivity contribution in [3.63, 3.8) is 0 Å². The Hall–Kier alpha value is -0.300. The Morgan fingerprint density at radius 1 is 1.45 bits per heavy atom. The monoisotopic (exact) mass is 153 g/mol. The van der Waals surface area contributed by atoms with Crippen LogP contribution in [0.1, 0.15) is 27.2 Å². The van der Waals surface area contributed by atoms with E-state index in [0.29, 0.717) is 17.9 Å². The van der Waals surface area contributed by atoms with Gasteiger partial charge in [0, 0.05) is 6.04 Å². The van der Waals surface area contributed by atoms with Crippen LogP contribution in [0, 0.1) is 17.8 Å². The molecule has 0 radical (unpaired) electrons. The number of rotatable bonds is 1. The second-order valence-corrected chi connectivity index (χ2v) is 4.01. The highest BCUT2D eigenvalue weighted by atomic mass is 14.7. The molecule has 0 fully saturated rings. The van der Waals surface area contributed by atoms with Crippen LogP contribution in [0.5, 0.6) is 0 Å². The standard InChI is InChI=1S/C10H19N/c1-7(2)9-6-4-5-8(3)10(9)11/h4-5,7-10H,6,11H2,1-3H3/t8-,9-,10+/m1/s1. The van der Waals surface area contributed by atoms with Gasteiger partial charge in [0.25, 0.3) is 0 Å². The van der Waals surface area contributed by atoms with E-state index in [-0.39, 0.29) is 0 Å². The zero-order valence-electron chi connectivity index (χ0n) is 7.75. The molecule has 1 rings (SSSR count). The second kappa shape index (κ2) is 3.40. The highest BCUT2D eigenvalue weighted by molar-refractivity contribution is 5.01. The van der Waals surface area contributed by atoms with Crippen molar-refractivity contribution in [3.05, 3.63) is 12.2 Å². The van der Waals surface area contributed by atoms with Gasteiger partial charge < -0.3 is 5.73 Å². The van der Waals surface area contributed by atoms with Crippen LogP contribution < -0.4 is 5.73 Å². The predicted molar refractivity (Wildman–Crippen MR) is 49.2 cm³/mol. The van der Waals surface area contributed by atoms with Crippen molar-refractivity contribution in [2.24, 2.45) is 23.5 Å². The number of hydrogen-bond donors (Lipinski definition) is 1. The molecule has 1 heteroatoms. The van der Waals surface area contributed by atoms with Gasteiger partial charge in [-0.2, -0.15) is 0 Å². The van der Waals surface area contributed by atoms with Crippen molar-refractivity contribution >= 4 is 0 Å². The van der Waals surface area contributed by atoms with E-state index in [2.05, 4.69) is 32.9 Å². The van der Waals surface area contributed by atoms with Crippen molar-refractivity contribution in [1.82, 2.24) is 0 Å². The Morgan fingerprint density at radius 2 is 2.09 bits per heavy atom. The lowest BCUT2D eigenvalue weighted by Gasteiger charge is -2.32. The van der Waals surface area contributed by atoms with E-state index in [4.69, 9.17) is 5.73 Å². The Balaban J connectivity index is 2.62.